The lowest BCUT2D eigenvalue weighted by atomic mass is 9.85. The molecule has 0 radical (unpaired) electrons. The maximum Gasteiger partial charge on any atom is 0.139 e. The van der Waals surface area contributed by atoms with Crippen molar-refractivity contribution < 1.29 is 4.42 Å². The second-order valence-corrected chi connectivity index (χ2v) is 7.08. The first-order valence-electron chi connectivity index (χ1n) is 8.06. The number of fused-ring (bicyclic) bond motifs is 3. The first-order valence-corrected chi connectivity index (χ1v) is 8.06. The van der Waals surface area contributed by atoms with Crippen molar-refractivity contribution in [3.8, 4) is 11.1 Å². The van der Waals surface area contributed by atoms with Crippen LogP contribution < -0.4 is 0 Å². The Morgan fingerprint density at radius 3 is 2.22 bits per heavy atom. The summed E-state index contributed by atoms with van der Waals surface area (Å²) in [7, 11) is 0. The zero-order valence-corrected chi connectivity index (χ0v) is 13.8. The Kier molecular flexibility index (Phi) is 3.05. The smallest absolute Gasteiger partial charge is 0.139 e. The Morgan fingerprint density at radius 1 is 0.739 bits per heavy atom. The second-order valence-electron chi connectivity index (χ2n) is 7.08. The van der Waals surface area contributed by atoms with E-state index >= 15 is 0 Å². The summed E-state index contributed by atoms with van der Waals surface area (Å²) in [6.45, 7) is 6.69. The van der Waals surface area contributed by atoms with E-state index in [9.17, 15) is 0 Å². The van der Waals surface area contributed by atoms with Crippen molar-refractivity contribution in [3.05, 3.63) is 72.3 Å². The largest absolute Gasteiger partial charge is 0.456 e. The van der Waals surface area contributed by atoms with Crippen LogP contribution in [0.3, 0.4) is 0 Å². The van der Waals surface area contributed by atoms with E-state index in [-0.39, 0.29) is 5.41 Å². The number of para-hydroxylation sites is 1. The van der Waals surface area contributed by atoms with E-state index < -0.39 is 0 Å². The van der Waals surface area contributed by atoms with Gasteiger partial charge in [-0.2, -0.15) is 0 Å². The van der Waals surface area contributed by atoms with E-state index in [0.717, 1.165) is 11.2 Å². The molecule has 0 aliphatic heterocycles. The highest BCUT2D eigenvalue weighted by Gasteiger charge is 2.21. The fourth-order valence-electron chi connectivity index (χ4n) is 3.30. The Hall–Kier alpha value is -2.54. The van der Waals surface area contributed by atoms with Crippen LogP contribution in [0.1, 0.15) is 26.3 Å². The van der Waals surface area contributed by atoms with E-state index in [4.69, 9.17) is 4.42 Å². The summed E-state index contributed by atoms with van der Waals surface area (Å²) < 4.78 is 6.27. The molecule has 0 N–H and O–H groups in total. The highest BCUT2D eigenvalue weighted by Crippen LogP contribution is 2.40. The topological polar surface area (TPSA) is 13.1 Å². The molecule has 0 aliphatic rings. The summed E-state index contributed by atoms with van der Waals surface area (Å²) in [5.74, 6) is 0. The van der Waals surface area contributed by atoms with Gasteiger partial charge in [-0.05, 0) is 22.6 Å². The van der Waals surface area contributed by atoms with Crippen molar-refractivity contribution in [2.24, 2.45) is 0 Å². The minimum atomic E-state index is 0.0558. The van der Waals surface area contributed by atoms with Gasteiger partial charge in [-0.1, -0.05) is 81.4 Å². The zero-order chi connectivity index (χ0) is 16.0. The van der Waals surface area contributed by atoms with Crippen LogP contribution in [0.25, 0.3) is 33.1 Å². The molecule has 0 amide bonds. The molecular formula is C22H20O. The van der Waals surface area contributed by atoms with Gasteiger partial charge in [0.05, 0.1) is 0 Å². The summed E-state index contributed by atoms with van der Waals surface area (Å²) in [5, 5.41) is 2.41. The molecule has 1 aromatic heterocycles. The highest BCUT2D eigenvalue weighted by molar-refractivity contribution is 6.13. The normalized spacial score (nSPS) is 12.1. The molecule has 1 heterocycles. The molecule has 0 saturated carbocycles. The molecule has 0 aliphatic carbocycles. The summed E-state index contributed by atoms with van der Waals surface area (Å²) in [4.78, 5) is 0. The predicted octanol–water partition coefficient (Wildman–Crippen LogP) is 6.55. The molecule has 0 unspecified atom stereocenters. The number of hydrogen-bond donors (Lipinski definition) is 0. The van der Waals surface area contributed by atoms with Crippen LogP contribution in [0.4, 0.5) is 0 Å². The van der Waals surface area contributed by atoms with Crippen LogP contribution in [-0.2, 0) is 5.41 Å². The number of furan rings is 1. The van der Waals surface area contributed by atoms with Gasteiger partial charge in [-0.3, -0.25) is 0 Å². The monoisotopic (exact) mass is 300 g/mol. The van der Waals surface area contributed by atoms with Crippen LogP contribution in [-0.4, -0.2) is 0 Å². The molecule has 114 valence electrons. The van der Waals surface area contributed by atoms with Crippen molar-refractivity contribution in [2.75, 3.05) is 0 Å². The van der Waals surface area contributed by atoms with Crippen molar-refractivity contribution in [3.63, 3.8) is 0 Å². The molecule has 3 aromatic carbocycles. The Bertz CT molecular complexity index is 985. The minimum absolute atomic E-state index is 0.0558. The summed E-state index contributed by atoms with van der Waals surface area (Å²) >= 11 is 0. The molecule has 0 bridgehead atoms. The third-order valence-corrected chi connectivity index (χ3v) is 4.42. The van der Waals surface area contributed by atoms with Gasteiger partial charge in [-0.15, -0.1) is 0 Å². The molecule has 4 aromatic rings. The lowest BCUT2D eigenvalue weighted by Gasteiger charge is -2.18. The first kappa shape index (κ1) is 14.1. The molecule has 4 rings (SSSR count). The Morgan fingerprint density at radius 2 is 1.48 bits per heavy atom. The standard InChI is InChI=1S/C22H20O/c1-22(2,3)18-13-7-12-17-20-16(15-9-5-4-6-10-15)11-8-14-19(20)23-21(17)18/h4-14H,1-3H3. The van der Waals surface area contributed by atoms with Crippen LogP contribution >= 0.6 is 0 Å². The van der Waals surface area contributed by atoms with Gasteiger partial charge < -0.3 is 4.42 Å². The Labute approximate surface area is 136 Å². The van der Waals surface area contributed by atoms with Crippen molar-refractivity contribution in [1.82, 2.24) is 0 Å². The molecule has 1 heteroatoms. The van der Waals surface area contributed by atoms with Crippen LogP contribution in [0.15, 0.2) is 71.1 Å². The SMILES string of the molecule is CC(C)(C)c1cccc2c1oc1cccc(-c3ccccc3)c12. The second kappa shape index (κ2) is 4.99. The van der Waals surface area contributed by atoms with Crippen LogP contribution in [0.5, 0.6) is 0 Å². The third-order valence-electron chi connectivity index (χ3n) is 4.42. The molecule has 1 nitrogen and oxygen atoms in total. The summed E-state index contributed by atoms with van der Waals surface area (Å²) in [5.41, 5.74) is 5.73. The summed E-state index contributed by atoms with van der Waals surface area (Å²) in [6, 6.07) is 23.3. The lowest BCUT2D eigenvalue weighted by molar-refractivity contribution is 0.573. The minimum Gasteiger partial charge on any atom is -0.456 e. The van der Waals surface area contributed by atoms with E-state index in [1.54, 1.807) is 0 Å². The van der Waals surface area contributed by atoms with Crippen molar-refractivity contribution in [1.29, 1.82) is 0 Å². The molecule has 23 heavy (non-hydrogen) atoms. The van der Waals surface area contributed by atoms with Gasteiger partial charge in [0, 0.05) is 16.3 Å². The lowest BCUT2D eigenvalue weighted by Crippen LogP contribution is -2.10. The molecule has 0 fully saturated rings. The van der Waals surface area contributed by atoms with E-state index in [1.807, 2.05) is 0 Å². The summed E-state index contributed by atoms with van der Waals surface area (Å²) in [6.07, 6.45) is 0. The van der Waals surface area contributed by atoms with Crippen LogP contribution in [0.2, 0.25) is 0 Å². The average molecular weight is 300 g/mol. The van der Waals surface area contributed by atoms with Crippen LogP contribution in [0, 0.1) is 0 Å². The van der Waals surface area contributed by atoms with E-state index in [2.05, 4.69) is 87.5 Å². The Balaban J connectivity index is 2.13. The third kappa shape index (κ3) is 2.24. The molecule has 0 atom stereocenters. The fourth-order valence-corrected chi connectivity index (χ4v) is 3.30. The van der Waals surface area contributed by atoms with Crippen molar-refractivity contribution >= 4 is 21.9 Å². The molecule has 0 spiro atoms. The van der Waals surface area contributed by atoms with Crippen molar-refractivity contribution in [2.45, 2.75) is 26.2 Å². The first-order chi connectivity index (χ1) is 11.1. The number of rotatable bonds is 1. The number of hydrogen-bond acceptors (Lipinski definition) is 1. The fraction of sp³-hybridized carbons (Fsp3) is 0.182. The van der Waals surface area contributed by atoms with Gasteiger partial charge >= 0.3 is 0 Å². The maximum atomic E-state index is 6.27. The number of benzene rings is 3. The highest BCUT2D eigenvalue weighted by atomic mass is 16.3. The average Bonchev–Trinajstić information content (AvgIpc) is 2.93. The molecule has 0 saturated heterocycles. The van der Waals surface area contributed by atoms with Gasteiger partial charge in [-0.25, -0.2) is 0 Å². The van der Waals surface area contributed by atoms with Gasteiger partial charge in [0.25, 0.3) is 0 Å². The quantitative estimate of drug-likeness (QED) is 0.388. The molecular weight excluding hydrogens is 280 g/mol. The maximum absolute atomic E-state index is 6.27. The van der Waals surface area contributed by atoms with Gasteiger partial charge in [0.2, 0.25) is 0 Å². The van der Waals surface area contributed by atoms with Gasteiger partial charge in [0.1, 0.15) is 11.2 Å². The van der Waals surface area contributed by atoms with Gasteiger partial charge in [0.15, 0.2) is 0 Å². The van der Waals surface area contributed by atoms with E-state index in [0.29, 0.717) is 0 Å². The zero-order valence-electron chi connectivity index (χ0n) is 13.8. The predicted molar refractivity (Wildman–Crippen MR) is 97.9 cm³/mol. The van der Waals surface area contributed by atoms with E-state index in [1.165, 1.54) is 27.5 Å².